The molecule has 0 aliphatic rings. The maximum absolute atomic E-state index is 11.4. The van der Waals surface area contributed by atoms with Crippen LogP contribution in [0.2, 0.25) is 0 Å². The van der Waals surface area contributed by atoms with Gasteiger partial charge in [0.05, 0.1) is 0 Å². The van der Waals surface area contributed by atoms with E-state index in [2.05, 4.69) is 20.8 Å². The molecule has 0 amide bonds. The molecule has 1 aromatic carbocycles. The molecular formula is C18H26O4. The molecular weight excluding hydrogens is 280 g/mol. The highest BCUT2D eigenvalue weighted by atomic mass is 16.5. The normalized spacial score (nSPS) is 11.1. The fourth-order valence-corrected chi connectivity index (χ4v) is 1.89. The minimum absolute atomic E-state index is 0.00212. The van der Waals surface area contributed by atoms with Gasteiger partial charge in [0, 0.05) is 12.8 Å². The molecule has 0 saturated heterocycles. The predicted molar refractivity (Wildman–Crippen MR) is 85.3 cm³/mol. The number of ether oxygens (including phenoxy) is 2. The van der Waals surface area contributed by atoms with Crippen molar-refractivity contribution in [1.29, 1.82) is 0 Å². The number of hydrogen-bond acceptors (Lipinski definition) is 4. The van der Waals surface area contributed by atoms with E-state index in [0.717, 1.165) is 16.7 Å². The summed E-state index contributed by atoms with van der Waals surface area (Å²) in [5, 5.41) is 0. The Bertz CT molecular complexity index is 526. The van der Waals surface area contributed by atoms with Crippen molar-refractivity contribution in [2.75, 3.05) is 0 Å². The first-order chi connectivity index (χ1) is 10.3. The second-order valence-electron chi connectivity index (χ2n) is 6.26. The molecule has 0 N–H and O–H groups in total. The zero-order valence-corrected chi connectivity index (χ0v) is 14.2. The lowest BCUT2D eigenvalue weighted by Gasteiger charge is -2.21. The molecule has 0 unspecified atom stereocenters. The summed E-state index contributed by atoms with van der Waals surface area (Å²) in [6, 6.07) is 6.00. The van der Waals surface area contributed by atoms with Gasteiger partial charge in [-0.05, 0) is 22.1 Å². The van der Waals surface area contributed by atoms with Crippen LogP contribution < -0.4 is 0 Å². The second kappa shape index (κ2) is 7.97. The molecule has 0 fully saturated rings. The summed E-state index contributed by atoms with van der Waals surface area (Å²) < 4.78 is 10.4. The maximum atomic E-state index is 11.4. The topological polar surface area (TPSA) is 52.6 Å². The van der Waals surface area contributed by atoms with Crippen LogP contribution in [0.15, 0.2) is 18.2 Å². The van der Waals surface area contributed by atoms with E-state index in [1.54, 1.807) is 13.8 Å². The molecule has 0 aromatic heterocycles. The van der Waals surface area contributed by atoms with Gasteiger partial charge < -0.3 is 9.47 Å². The van der Waals surface area contributed by atoms with Gasteiger partial charge in [0.2, 0.25) is 0 Å². The van der Waals surface area contributed by atoms with E-state index in [1.807, 2.05) is 18.2 Å². The molecule has 0 saturated carbocycles. The van der Waals surface area contributed by atoms with E-state index in [1.165, 1.54) is 0 Å². The number of carbonyl (C=O) groups is 2. The van der Waals surface area contributed by atoms with Crippen molar-refractivity contribution in [3.63, 3.8) is 0 Å². The largest absolute Gasteiger partial charge is 0.461 e. The van der Waals surface area contributed by atoms with Crippen molar-refractivity contribution in [1.82, 2.24) is 0 Å². The zero-order chi connectivity index (χ0) is 16.8. The van der Waals surface area contributed by atoms with Crippen LogP contribution >= 0.6 is 0 Å². The van der Waals surface area contributed by atoms with Crippen molar-refractivity contribution in [3.05, 3.63) is 34.9 Å². The number of hydrogen-bond donors (Lipinski definition) is 0. The summed E-state index contributed by atoms with van der Waals surface area (Å²) in [6.07, 6.45) is 0.694. The first-order valence-electron chi connectivity index (χ1n) is 7.71. The van der Waals surface area contributed by atoms with Crippen LogP contribution in [0.25, 0.3) is 0 Å². The van der Waals surface area contributed by atoms with Gasteiger partial charge in [-0.25, -0.2) is 0 Å². The summed E-state index contributed by atoms with van der Waals surface area (Å²) in [6.45, 7) is 10.3. The van der Waals surface area contributed by atoms with Crippen molar-refractivity contribution in [3.8, 4) is 0 Å². The Kier molecular flexibility index (Phi) is 6.60. The van der Waals surface area contributed by atoms with Crippen LogP contribution in [0.3, 0.4) is 0 Å². The van der Waals surface area contributed by atoms with E-state index in [0.29, 0.717) is 12.8 Å². The zero-order valence-electron chi connectivity index (χ0n) is 14.2. The van der Waals surface area contributed by atoms with E-state index < -0.39 is 0 Å². The van der Waals surface area contributed by atoms with Gasteiger partial charge in [-0.1, -0.05) is 52.8 Å². The van der Waals surface area contributed by atoms with E-state index in [4.69, 9.17) is 9.47 Å². The van der Waals surface area contributed by atoms with Crippen LogP contribution in [0.5, 0.6) is 0 Å². The quantitative estimate of drug-likeness (QED) is 0.748. The molecule has 0 radical (unpaired) electrons. The van der Waals surface area contributed by atoms with Gasteiger partial charge in [0.1, 0.15) is 13.2 Å². The Balaban J connectivity index is 2.97. The minimum Gasteiger partial charge on any atom is -0.461 e. The van der Waals surface area contributed by atoms with Crippen LogP contribution in [-0.2, 0) is 37.7 Å². The molecule has 0 atom stereocenters. The Hall–Kier alpha value is -1.84. The Morgan fingerprint density at radius 2 is 1.41 bits per heavy atom. The lowest BCUT2D eigenvalue weighted by atomic mass is 9.85. The van der Waals surface area contributed by atoms with Crippen LogP contribution in [0.1, 0.15) is 64.2 Å². The van der Waals surface area contributed by atoms with Crippen LogP contribution in [-0.4, -0.2) is 11.9 Å². The standard InChI is InChI=1S/C18H26O4/c1-6-16(19)21-11-13-8-9-15(18(3,4)5)10-14(13)12-22-17(20)7-2/h8-10H,6-7,11-12H2,1-5H3. The van der Waals surface area contributed by atoms with Crippen molar-refractivity contribution in [2.45, 2.75) is 66.1 Å². The summed E-state index contributed by atoms with van der Waals surface area (Å²) >= 11 is 0. The highest BCUT2D eigenvalue weighted by Crippen LogP contribution is 2.25. The summed E-state index contributed by atoms with van der Waals surface area (Å²) in [7, 11) is 0. The molecule has 0 bridgehead atoms. The SMILES string of the molecule is CCC(=O)OCc1ccc(C(C)(C)C)cc1COC(=O)CC. The molecule has 1 rings (SSSR count). The lowest BCUT2D eigenvalue weighted by Crippen LogP contribution is -2.14. The van der Waals surface area contributed by atoms with Gasteiger partial charge in [-0.15, -0.1) is 0 Å². The van der Waals surface area contributed by atoms with Gasteiger partial charge in [0.15, 0.2) is 0 Å². The number of esters is 2. The van der Waals surface area contributed by atoms with Crippen molar-refractivity contribution in [2.24, 2.45) is 0 Å². The maximum Gasteiger partial charge on any atom is 0.305 e. The third kappa shape index (κ3) is 5.51. The molecule has 1 aromatic rings. The predicted octanol–water partition coefficient (Wildman–Crippen LogP) is 3.89. The Morgan fingerprint density at radius 3 is 1.86 bits per heavy atom. The Morgan fingerprint density at radius 1 is 0.909 bits per heavy atom. The first kappa shape index (κ1) is 18.2. The van der Waals surface area contributed by atoms with Crippen LogP contribution in [0, 0.1) is 0 Å². The average molecular weight is 306 g/mol. The van der Waals surface area contributed by atoms with Gasteiger partial charge in [-0.3, -0.25) is 9.59 Å². The third-order valence-electron chi connectivity index (χ3n) is 3.43. The molecule has 122 valence electrons. The molecule has 0 aliphatic heterocycles. The monoisotopic (exact) mass is 306 g/mol. The van der Waals surface area contributed by atoms with E-state index >= 15 is 0 Å². The lowest BCUT2D eigenvalue weighted by molar-refractivity contribution is -0.146. The summed E-state index contributed by atoms with van der Waals surface area (Å²) in [5.41, 5.74) is 2.92. The molecule has 0 spiro atoms. The highest BCUT2D eigenvalue weighted by Gasteiger charge is 2.16. The van der Waals surface area contributed by atoms with Gasteiger partial charge >= 0.3 is 11.9 Å². The van der Waals surface area contributed by atoms with E-state index in [-0.39, 0.29) is 30.6 Å². The first-order valence-corrected chi connectivity index (χ1v) is 7.71. The second-order valence-corrected chi connectivity index (χ2v) is 6.26. The van der Waals surface area contributed by atoms with Crippen LogP contribution in [0.4, 0.5) is 0 Å². The fraction of sp³-hybridized carbons (Fsp3) is 0.556. The van der Waals surface area contributed by atoms with Gasteiger partial charge in [-0.2, -0.15) is 0 Å². The third-order valence-corrected chi connectivity index (χ3v) is 3.43. The molecule has 0 heterocycles. The average Bonchev–Trinajstić information content (AvgIpc) is 2.49. The minimum atomic E-state index is -0.239. The summed E-state index contributed by atoms with van der Waals surface area (Å²) in [4.78, 5) is 22.7. The summed E-state index contributed by atoms with van der Waals surface area (Å²) in [5.74, 6) is -0.478. The van der Waals surface area contributed by atoms with Crippen molar-refractivity contribution < 1.29 is 19.1 Å². The van der Waals surface area contributed by atoms with Crippen molar-refractivity contribution >= 4 is 11.9 Å². The smallest absolute Gasteiger partial charge is 0.305 e. The number of benzene rings is 1. The molecule has 0 aliphatic carbocycles. The number of carbonyl (C=O) groups excluding carboxylic acids is 2. The molecule has 4 nitrogen and oxygen atoms in total. The Labute approximate surface area is 132 Å². The molecule has 22 heavy (non-hydrogen) atoms. The number of rotatable bonds is 6. The van der Waals surface area contributed by atoms with Gasteiger partial charge in [0.25, 0.3) is 0 Å². The highest BCUT2D eigenvalue weighted by molar-refractivity contribution is 5.69. The molecule has 4 heteroatoms. The fourth-order valence-electron chi connectivity index (χ4n) is 1.89. The van der Waals surface area contributed by atoms with E-state index in [9.17, 15) is 9.59 Å².